The molecule has 0 fully saturated rings. The van der Waals surface area contributed by atoms with Gasteiger partial charge in [0.25, 0.3) is 5.91 Å². The third-order valence-corrected chi connectivity index (χ3v) is 5.06. The van der Waals surface area contributed by atoms with Crippen molar-refractivity contribution in [3.05, 3.63) is 105 Å². The standard InChI is InChI=1S/C25H18ClNO5/c1-15-11-24(29)32-22-13-18(8-9-19(15)22)31-14-23(28)27-21-10-7-17(26)12-20(21)25(30)16-5-3-2-4-6-16/h2-13H,14H2,1H3,(H,27,28). The van der Waals surface area contributed by atoms with Crippen LogP contribution in [0.4, 0.5) is 5.69 Å². The zero-order chi connectivity index (χ0) is 22.7. The van der Waals surface area contributed by atoms with Gasteiger partial charge in [-0.2, -0.15) is 0 Å². The molecular weight excluding hydrogens is 430 g/mol. The molecule has 1 heterocycles. The predicted octanol–water partition coefficient (Wildman–Crippen LogP) is 5.00. The fourth-order valence-corrected chi connectivity index (χ4v) is 3.46. The molecule has 0 unspecified atom stereocenters. The number of aryl methyl sites for hydroxylation is 1. The Labute approximate surface area is 188 Å². The second-order valence-corrected chi connectivity index (χ2v) is 7.56. The maximum atomic E-state index is 12.9. The minimum absolute atomic E-state index is 0.260. The lowest BCUT2D eigenvalue weighted by Gasteiger charge is -2.12. The molecule has 32 heavy (non-hydrogen) atoms. The van der Waals surface area contributed by atoms with Crippen molar-refractivity contribution in [1.82, 2.24) is 0 Å². The molecule has 160 valence electrons. The predicted molar refractivity (Wildman–Crippen MR) is 123 cm³/mol. The van der Waals surface area contributed by atoms with Crippen molar-refractivity contribution in [1.29, 1.82) is 0 Å². The molecule has 4 aromatic rings. The highest BCUT2D eigenvalue weighted by Crippen LogP contribution is 2.25. The van der Waals surface area contributed by atoms with Crippen LogP contribution in [0.5, 0.6) is 5.75 Å². The Morgan fingerprint density at radius 1 is 1.00 bits per heavy atom. The minimum atomic E-state index is -0.458. The van der Waals surface area contributed by atoms with E-state index in [1.54, 1.807) is 54.6 Å². The van der Waals surface area contributed by atoms with Crippen LogP contribution in [0.1, 0.15) is 21.5 Å². The molecule has 0 aliphatic rings. The molecular formula is C25H18ClNO5. The second kappa shape index (κ2) is 9.08. The van der Waals surface area contributed by atoms with Crippen LogP contribution < -0.4 is 15.7 Å². The molecule has 7 heteroatoms. The maximum absolute atomic E-state index is 12.9. The number of benzene rings is 3. The lowest BCUT2D eigenvalue weighted by molar-refractivity contribution is -0.118. The number of ketones is 1. The average molecular weight is 448 g/mol. The van der Waals surface area contributed by atoms with Crippen LogP contribution in [0.25, 0.3) is 11.0 Å². The topological polar surface area (TPSA) is 85.6 Å². The highest BCUT2D eigenvalue weighted by molar-refractivity contribution is 6.31. The van der Waals surface area contributed by atoms with E-state index < -0.39 is 11.5 Å². The fraction of sp³-hybridized carbons (Fsp3) is 0.0800. The number of amides is 1. The van der Waals surface area contributed by atoms with Gasteiger partial charge in [0.05, 0.1) is 5.69 Å². The lowest BCUT2D eigenvalue weighted by Crippen LogP contribution is -2.21. The first kappa shape index (κ1) is 21.3. The molecule has 0 spiro atoms. The van der Waals surface area contributed by atoms with Gasteiger partial charge < -0.3 is 14.5 Å². The Morgan fingerprint density at radius 2 is 1.78 bits per heavy atom. The highest BCUT2D eigenvalue weighted by Gasteiger charge is 2.16. The van der Waals surface area contributed by atoms with Crippen LogP contribution in [0.2, 0.25) is 5.02 Å². The summed E-state index contributed by atoms with van der Waals surface area (Å²) in [5.74, 6) is -0.345. The van der Waals surface area contributed by atoms with E-state index in [9.17, 15) is 14.4 Å². The summed E-state index contributed by atoms with van der Waals surface area (Å²) in [5, 5.41) is 3.86. The molecule has 4 rings (SSSR count). The normalized spacial score (nSPS) is 10.7. The van der Waals surface area contributed by atoms with E-state index in [1.807, 2.05) is 13.0 Å². The number of carbonyl (C=O) groups excluding carboxylic acids is 2. The number of rotatable bonds is 6. The van der Waals surface area contributed by atoms with E-state index in [-0.39, 0.29) is 18.0 Å². The largest absolute Gasteiger partial charge is 0.484 e. The molecule has 0 bridgehead atoms. The van der Waals surface area contributed by atoms with Gasteiger partial charge in [0.1, 0.15) is 11.3 Å². The molecule has 3 aromatic carbocycles. The van der Waals surface area contributed by atoms with Gasteiger partial charge in [-0.05, 0) is 42.8 Å². The number of nitrogens with one attached hydrogen (secondary N) is 1. The maximum Gasteiger partial charge on any atom is 0.336 e. The molecule has 0 saturated carbocycles. The highest BCUT2D eigenvalue weighted by atomic mass is 35.5. The van der Waals surface area contributed by atoms with Crippen LogP contribution in [0, 0.1) is 6.92 Å². The third-order valence-electron chi connectivity index (χ3n) is 4.83. The number of fused-ring (bicyclic) bond motifs is 1. The fourth-order valence-electron chi connectivity index (χ4n) is 3.29. The van der Waals surface area contributed by atoms with Gasteiger partial charge in [-0.15, -0.1) is 0 Å². The molecule has 0 radical (unpaired) electrons. The van der Waals surface area contributed by atoms with Crippen molar-refractivity contribution in [3.63, 3.8) is 0 Å². The van der Waals surface area contributed by atoms with E-state index in [0.29, 0.717) is 27.6 Å². The van der Waals surface area contributed by atoms with Crippen molar-refractivity contribution in [2.75, 3.05) is 11.9 Å². The van der Waals surface area contributed by atoms with E-state index >= 15 is 0 Å². The first-order valence-corrected chi connectivity index (χ1v) is 10.1. The monoisotopic (exact) mass is 447 g/mol. The number of halogens is 1. The quantitative estimate of drug-likeness (QED) is 0.332. The number of hydrogen-bond acceptors (Lipinski definition) is 5. The van der Waals surface area contributed by atoms with Gasteiger partial charge in [0.2, 0.25) is 0 Å². The molecule has 1 aromatic heterocycles. The second-order valence-electron chi connectivity index (χ2n) is 7.13. The van der Waals surface area contributed by atoms with Gasteiger partial charge in [0.15, 0.2) is 12.4 Å². The smallest absolute Gasteiger partial charge is 0.336 e. The summed E-state index contributed by atoms with van der Waals surface area (Å²) in [6, 6.07) is 19.8. The number of carbonyl (C=O) groups is 2. The van der Waals surface area contributed by atoms with Gasteiger partial charge in [-0.25, -0.2) is 4.79 Å². The summed E-state index contributed by atoms with van der Waals surface area (Å²) in [7, 11) is 0. The number of hydrogen-bond donors (Lipinski definition) is 1. The zero-order valence-corrected chi connectivity index (χ0v) is 17.8. The molecule has 0 aliphatic carbocycles. The Kier molecular flexibility index (Phi) is 6.05. The van der Waals surface area contributed by atoms with Crippen molar-refractivity contribution in [3.8, 4) is 5.75 Å². The summed E-state index contributed by atoms with van der Waals surface area (Å²) in [6.07, 6.45) is 0. The summed E-state index contributed by atoms with van der Waals surface area (Å²) in [5.41, 5.74) is 1.80. The molecule has 1 amide bonds. The van der Waals surface area contributed by atoms with Gasteiger partial charge in [-0.3, -0.25) is 9.59 Å². The van der Waals surface area contributed by atoms with E-state index in [0.717, 1.165) is 10.9 Å². The van der Waals surface area contributed by atoms with E-state index in [2.05, 4.69) is 5.32 Å². The molecule has 0 atom stereocenters. The zero-order valence-electron chi connectivity index (χ0n) is 17.1. The first-order valence-electron chi connectivity index (χ1n) is 9.77. The third kappa shape index (κ3) is 4.71. The minimum Gasteiger partial charge on any atom is -0.484 e. The molecule has 0 aliphatic heterocycles. The van der Waals surface area contributed by atoms with Gasteiger partial charge in [0, 0.05) is 33.7 Å². The van der Waals surface area contributed by atoms with E-state index in [1.165, 1.54) is 12.1 Å². The Balaban J connectivity index is 1.50. The van der Waals surface area contributed by atoms with Crippen LogP contribution in [0.15, 0.2) is 82.0 Å². The summed E-state index contributed by atoms with van der Waals surface area (Å²) in [4.78, 5) is 37.0. The van der Waals surface area contributed by atoms with Gasteiger partial charge in [-0.1, -0.05) is 41.9 Å². The van der Waals surface area contributed by atoms with Crippen molar-refractivity contribution >= 4 is 39.9 Å². The van der Waals surface area contributed by atoms with Gasteiger partial charge >= 0.3 is 5.63 Å². The Morgan fingerprint density at radius 3 is 2.56 bits per heavy atom. The first-order chi connectivity index (χ1) is 15.4. The number of ether oxygens (including phenoxy) is 1. The van der Waals surface area contributed by atoms with Crippen molar-refractivity contribution in [2.45, 2.75) is 6.92 Å². The number of anilines is 1. The average Bonchev–Trinajstić information content (AvgIpc) is 2.78. The van der Waals surface area contributed by atoms with Crippen LogP contribution in [-0.2, 0) is 4.79 Å². The van der Waals surface area contributed by atoms with Crippen LogP contribution in [-0.4, -0.2) is 18.3 Å². The summed E-state index contributed by atoms with van der Waals surface area (Å²) >= 11 is 6.08. The summed E-state index contributed by atoms with van der Waals surface area (Å²) < 4.78 is 10.7. The van der Waals surface area contributed by atoms with Crippen molar-refractivity contribution in [2.24, 2.45) is 0 Å². The van der Waals surface area contributed by atoms with Crippen molar-refractivity contribution < 1.29 is 18.7 Å². The Bertz CT molecular complexity index is 1380. The van der Waals surface area contributed by atoms with Crippen LogP contribution in [0.3, 0.4) is 0 Å². The van der Waals surface area contributed by atoms with Crippen LogP contribution >= 0.6 is 11.6 Å². The lowest BCUT2D eigenvalue weighted by atomic mass is 10.0. The SMILES string of the molecule is Cc1cc(=O)oc2cc(OCC(=O)Nc3ccc(Cl)cc3C(=O)c3ccccc3)ccc12. The summed E-state index contributed by atoms with van der Waals surface area (Å²) in [6.45, 7) is 1.51. The molecule has 0 saturated heterocycles. The molecule has 6 nitrogen and oxygen atoms in total. The van der Waals surface area contributed by atoms with E-state index in [4.69, 9.17) is 20.8 Å². The Hall–Kier alpha value is -3.90. The molecule has 1 N–H and O–H groups in total.